The van der Waals surface area contributed by atoms with E-state index < -0.39 is 42.3 Å². The van der Waals surface area contributed by atoms with E-state index in [1.54, 1.807) is 44.2 Å². The van der Waals surface area contributed by atoms with Crippen molar-refractivity contribution >= 4 is 28.8 Å². The Labute approximate surface area is 262 Å². The normalized spacial score (nSPS) is 25.4. The summed E-state index contributed by atoms with van der Waals surface area (Å²) in [6.07, 6.45) is 3.08. The molecule has 2 heterocycles. The molecule has 1 aromatic carbocycles. The summed E-state index contributed by atoms with van der Waals surface area (Å²) in [6.45, 7) is 7.15. The molecular formula is C34H41N3O8. The van der Waals surface area contributed by atoms with Crippen LogP contribution in [-0.4, -0.2) is 60.7 Å². The molecule has 2 amide bonds. The van der Waals surface area contributed by atoms with Gasteiger partial charge in [-0.05, 0) is 56.4 Å². The van der Waals surface area contributed by atoms with E-state index in [9.17, 15) is 19.5 Å². The van der Waals surface area contributed by atoms with Crippen molar-refractivity contribution in [1.29, 1.82) is 0 Å². The second-order valence-corrected chi connectivity index (χ2v) is 11.6. The number of benzene rings is 2. The van der Waals surface area contributed by atoms with Crippen LogP contribution in [0.1, 0.15) is 39.7 Å². The van der Waals surface area contributed by atoms with Crippen LogP contribution in [0.4, 0.5) is 10.5 Å². The number of rotatable bonds is 3. The van der Waals surface area contributed by atoms with Crippen molar-refractivity contribution in [3.63, 3.8) is 0 Å². The summed E-state index contributed by atoms with van der Waals surface area (Å²) in [4.78, 5) is 43.6. The van der Waals surface area contributed by atoms with Crippen LogP contribution in [0.3, 0.4) is 0 Å². The molecule has 0 saturated carbocycles. The summed E-state index contributed by atoms with van der Waals surface area (Å²) in [5.74, 6) is -0.713. The van der Waals surface area contributed by atoms with Gasteiger partial charge in [-0.25, -0.2) is 9.78 Å². The smallest absolute Gasteiger partial charge is 0.405 e. The van der Waals surface area contributed by atoms with Crippen LogP contribution in [0.15, 0.2) is 75.0 Å². The molecule has 45 heavy (non-hydrogen) atoms. The SMILES string of the molecule is CO[C@H]1C=CC=C(C)C(=O)Nc2cc3nc4ccccc4oc-3c(c2=O)C[C@@H](C)C[C@H](OC)[C@@H](O)[C@@H](C)C=C(C)C1OC(N)=O. The molecule has 4 N–H and O–H groups in total. The lowest BCUT2D eigenvalue weighted by molar-refractivity contribution is -0.112. The number of hydrogen-bond acceptors (Lipinski definition) is 9. The third-order valence-corrected chi connectivity index (χ3v) is 8.08. The molecule has 240 valence electrons. The Kier molecular flexibility index (Phi) is 10.9. The fourth-order valence-corrected chi connectivity index (χ4v) is 5.64. The highest BCUT2D eigenvalue weighted by molar-refractivity contribution is 6.04. The highest BCUT2D eigenvalue weighted by Gasteiger charge is 2.30. The topological polar surface area (TPSA) is 163 Å². The van der Waals surface area contributed by atoms with Gasteiger partial charge in [0.2, 0.25) is 5.43 Å². The number of carbonyl (C=O) groups is 2. The first-order chi connectivity index (χ1) is 21.4. The van der Waals surface area contributed by atoms with Gasteiger partial charge in [0.1, 0.15) is 17.3 Å². The summed E-state index contributed by atoms with van der Waals surface area (Å²) in [6, 6.07) is 8.78. The number of fused-ring (bicyclic) bond motifs is 5. The monoisotopic (exact) mass is 619 g/mol. The molecule has 1 aliphatic carbocycles. The number of amides is 2. The molecule has 2 bridgehead atoms. The van der Waals surface area contributed by atoms with Gasteiger partial charge in [0, 0.05) is 31.3 Å². The number of carbonyl (C=O) groups excluding carboxylic acids is 2. The number of nitrogens with one attached hydrogen (secondary N) is 1. The second-order valence-electron chi connectivity index (χ2n) is 11.6. The van der Waals surface area contributed by atoms with Gasteiger partial charge in [-0.1, -0.05) is 50.3 Å². The van der Waals surface area contributed by atoms with Crippen LogP contribution in [-0.2, 0) is 25.4 Å². The van der Waals surface area contributed by atoms with Crippen LogP contribution < -0.4 is 16.5 Å². The lowest BCUT2D eigenvalue weighted by atomic mass is 9.87. The average Bonchev–Trinajstić information content (AvgIpc) is 3.01. The number of aromatic nitrogens is 1. The second kappa shape index (κ2) is 14.6. The number of methoxy groups -OCH3 is 2. The van der Waals surface area contributed by atoms with Crippen molar-refractivity contribution in [2.24, 2.45) is 17.6 Å². The van der Waals surface area contributed by atoms with E-state index in [1.165, 1.54) is 20.3 Å². The molecule has 11 heteroatoms. The first kappa shape index (κ1) is 33.6. The molecule has 1 aromatic rings. The Morgan fingerprint density at radius 1 is 1.13 bits per heavy atom. The number of anilines is 1. The third kappa shape index (κ3) is 7.86. The minimum Gasteiger partial charge on any atom is -0.452 e. The van der Waals surface area contributed by atoms with Crippen LogP contribution in [0.5, 0.6) is 0 Å². The maximum Gasteiger partial charge on any atom is 0.405 e. The minimum absolute atomic E-state index is 0.0730. The summed E-state index contributed by atoms with van der Waals surface area (Å²) < 4.78 is 22.9. The van der Waals surface area contributed by atoms with Gasteiger partial charge in [-0.3, -0.25) is 9.59 Å². The van der Waals surface area contributed by atoms with Gasteiger partial charge in [0.15, 0.2) is 17.4 Å². The molecule has 2 aliphatic heterocycles. The summed E-state index contributed by atoms with van der Waals surface area (Å²) in [5, 5.41) is 14.1. The predicted octanol–water partition coefficient (Wildman–Crippen LogP) is 4.75. The summed E-state index contributed by atoms with van der Waals surface area (Å²) in [7, 11) is 2.98. The van der Waals surface area contributed by atoms with Crippen LogP contribution >= 0.6 is 0 Å². The zero-order chi connectivity index (χ0) is 32.8. The van der Waals surface area contributed by atoms with Gasteiger partial charge >= 0.3 is 6.09 Å². The average molecular weight is 620 g/mol. The highest BCUT2D eigenvalue weighted by Crippen LogP contribution is 2.32. The molecule has 11 nitrogen and oxygen atoms in total. The number of para-hydroxylation sites is 2. The zero-order valence-electron chi connectivity index (χ0n) is 26.4. The van der Waals surface area contributed by atoms with E-state index in [2.05, 4.69) is 5.32 Å². The molecule has 4 rings (SSSR count). The molecule has 0 aromatic heterocycles. The van der Waals surface area contributed by atoms with Crippen molar-refractivity contribution < 1.29 is 33.3 Å². The quantitative estimate of drug-likeness (QED) is 0.277. The van der Waals surface area contributed by atoms with E-state index in [4.69, 9.17) is 29.3 Å². The van der Waals surface area contributed by atoms with Gasteiger partial charge < -0.3 is 34.8 Å². The zero-order valence-corrected chi connectivity index (χ0v) is 26.4. The van der Waals surface area contributed by atoms with E-state index in [-0.39, 0.29) is 23.5 Å². The number of allylic oxidation sites excluding steroid dienone is 2. The number of aliphatic hydroxyl groups excluding tert-OH is 1. The Bertz CT molecular complexity index is 1660. The lowest BCUT2D eigenvalue weighted by Crippen LogP contribution is -2.37. The van der Waals surface area contributed by atoms with Crippen LogP contribution in [0.2, 0.25) is 0 Å². The molecule has 0 fully saturated rings. The van der Waals surface area contributed by atoms with Crippen molar-refractivity contribution in [3.05, 3.63) is 81.6 Å². The molecule has 0 saturated heterocycles. The fourth-order valence-electron chi connectivity index (χ4n) is 5.64. The number of hydrogen-bond donors (Lipinski definition) is 3. The van der Waals surface area contributed by atoms with Gasteiger partial charge in [0.25, 0.3) is 5.91 Å². The Balaban J connectivity index is 1.85. The van der Waals surface area contributed by atoms with E-state index in [0.717, 1.165) is 0 Å². The molecule has 0 spiro atoms. The van der Waals surface area contributed by atoms with Crippen molar-refractivity contribution in [3.8, 4) is 11.5 Å². The number of primary amides is 1. The molecular weight excluding hydrogens is 578 g/mol. The first-order valence-corrected chi connectivity index (χ1v) is 14.8. The van der Waals surface area contributed by atoms with Gasteiger partial charge in [-0.15, -0.1) is 0 Å². The first-order valence-electron chi connectivity index (χ1n) is 14.8. The van der Waals surface area contributed by atoms with Crippen LogP contribution in [0.25, 0.3) is 22.6 Å². The minimum atomic E-state index is -0.985. The van der Waals surface area contributed by atoms with Crippen molar-refractivity contribution in [1.82, 2.24) is 4.98 Å². The maximum atomic E-state index is 13.9. The molecule has 1 unspecified atom stereocenters. The number of nitrogens with two attached hydrogens (primary N) is 1. The van der Waals surface area contributed by atoms with Gasteiger partial charge in [0.05, 0.1) is 17.9 Å². The number of aliphatic hydroxyl groups is 1. The third-order valence-electron chi connectivity index (χ3n) is 8.08. The Morgan fingerprint density at radius 2 is 1.87 bits per heavy atom. The maximum absolute atomic E-state index is 13.9. The van der Waals surface area contributed by atoms with E-state index >= 15 is 0 Å². The molecule has 0 radical (unpaired) electrons. The lowest BCUT2D eigenvalue weighted by Gasteiger charge is -2.29. The number of nitrogens with zero attached hydrogens (tertiary/aromatic N) is 1. The largest absolute Gasteiger partial charge is 0.452 e. The Hall–Kier alpha value is -4.32. The standard InChI is InChI=1S/C34H41N3O8/c1-18-14-22-30(39)24(17-25-32(22)44-26-12-8-7-11-23(26)36-25)37-33(40)19(2)10-9-13-27(42-5)31(45-34(35)41)21(4)16-20(3)29(38)28(15-18)43-6/h7-13,16-18,20,27-29,31,38H,14-15H2,1-6H3,(H2,35,41)(H,37,40)/t18-,20+,27+,28+,29+,31?/m1/s1. The van der Waals surface area contributed by atoms with Crippen molar-refractivity contribution in [2.45, 2.75) is 65.0 Å². The van der Waals surface area contributed by atoms with Crippen molar-refractivity contribution in [2.75, 3.05) is 19.5 Å². The van der Waals surface area contributed by atoms with Crippen LogP contribution in [0, 0.1) is 11.8 Å². The molecule has 3 aliphatic rings. The fraction of sp³-hybridized carbons (Fsp3) is 0.412. The van der Waals surface area contributed by atoms with Gasteiger partial charge in [-0.2, -0.15) is 0 Å². The molecule has 6 atom stereocenters. The van der Waals surface area contributed by atoms with E-state index in [0.29, 0.717) is 45.7 Å². The van der Waals surface area contributed by atoms with E-state index in [1.807, 2.05) is 32.0 Å². The highest BCUT2D eigenvalue weighted by atomic mass is 16.6. The predicted molar refractivity (Wildman–Crippen MR) is 171 cm³/mol. The summed E-state index contributed by atoms with van der Waals surface area (Å²) >= 11 is 0. The Morgan fingerprint density at radius 3 is 2.56 bits per heavy atom. The summed E-state index contributed by atoms with van der Waals surface area (Å²) in [5.41, 5.74) is 7.93. The number of ether oxygens (including phenoxy) is 3.